The minimum absolute atomic E-state index is 0.0130. The fourth-order valence-corrected chi connectivity index (χ4v) is 4.32. The number of hydrogen-bond donors (Lipinski definition) is 0. The van der Waals surface area contributed by atoms with Gasteiger partial charge in [0.15, 0.2) is 0 Å². The zero-order valence-corrected chi connectivity index (χ0v) is 19.8. The van der Waals surface area contributed by atoms with Crippen LogP contribution < -0.4 is 4.74 Å². The maximum absolute atomic E-state index is 13.7. The van der Waals surface area contributed by atoms with Crippen LogP contribution in [0.3, 0.4) is 0 Å². The SMILES string of the molecule is CCCCc1cn(-c2ccc(-c3nnc(-c4cc(OC5CCCC5)ccc4C(F)(F)F)o3)cc2)nn1. The summed E-state index contributed by atoms with van der Waals surface area (Å²) in [5.41, 5.74) is 1.25. The molecule has 7 nitrogen and oxygen atoms in total. The maximum atomic E-state index is 13.7. The van der Waals surface area contributed by atoms with Crippen LogP contribution in [0.25, 0.3) is 28.6 Å². The predicted octanol–water partition coefficient (Wildman–Crippen LogP) is 6.67. The van der Waals surface area contributed by atoms with Crippen molar-refractivity contribution >= 4 is 0 Å². The summed E-state index contributed by atoms with van der Waals surface area (Å²) in [6.07, 6.45) is 4.21. The number of nitrogens with zero attached hydrogens (tertiary/aromatic N) is 5. The van der Waals surface area contributed by atoms with Crippen LogP contribution in [-0.2, 0) is 12.6 Å². The Morgan fingerprint density at radius 3 is 2.47 bits per heavy atom. The van der Waals surface area contributed by atoms with Gasteiger partial charge in [-0.25, -0.2) is 4.68 Å². The maximum Gasteiger partial charge on any atom is 0.417 e. The third kappa shape index (κ3) is 5.27. The molecular weight excluding hydrogens is 471 g/mol. The molecule has 0 radical (unpaired) electrons. The lowest BCUT2D eigenvalue weighted by Crippen LogP contribution is -2.12. The topological polar surface area (TPSA) is 78.9 Å². The summed E-state index contributed by atoms with van der Waals surface area (Å²) in [5.74, 6) is 0.268. The molecule has 0 unspecified atom stereocenters. The number of benzene rings is 2. The van der Waals surface area contributed by atoms with Crippen LogP contribution in [0.4, 0.5) is 13.2 Å². The molecule has 1 fully saturated rings. The van der Waals surface area contributed by atoms with Crippen LogP contribution in [0.5, 0.6) is 5.75 Å². The van der Waals surface area contributed by atoms with Gasteiger partial charge < -0.3 is 9.15 Å². The van der Waals surface area contributed by atoms with E-state index in [4.69, 9.17) is 9.15 Å². The van der Waals surface area contributed by atoms with Gasteiger partial charge >= 0.3 is 6.18 Å². The monoisotopic (exact) mass is 497 g/mol. The summed E-state index contributed by atoms with van der Waals surface area (Å²) in [6.45, 7) is 2.12. The van der Waals surface area contributed by atoms with E-state index in [0.29, 0.717) is 11.3 Å². The fraction of sp³-hybridized carbons (Fsp3) is 0.385. The quantitative estimate of drug-likeness (QED) is 0.271. The zero-order valence-electron chi connectivity index (χ0n) is 19.8. The molecule has 4 aromatic rings. The first-order valence-electron chi connectivity index (χ1n) is 12.1. The average Bonchev–Trinajstić information content (AvgIpc) is 3.64. The molecule has 0 bridgehead atoms. The van der Waals surface area contributed by atoms with E-state index in [1.54, 1.807) is 16.8 Å². The van der Waals surface area contributed by atoms with E-state index < -0.39 is 11.7 Å². The van der Waals surface area contributed by atoms with Crippen molar-refractivity contribution in [2.75, 3.05) is 0 Å². The molecule has 1 aliphatic carbocycles. The van der Waals surface area contributed by atoms with E-state index in [9.17, 15) is 13.2 Å². The molecule has 0 spiro atoms. The first kappa shape index (κ1) is 24.0. The van der Waals surface area contributed by atoms with Crippen LogP contribution >= 0.6 is 0 Å². The highest BCUT2D eigenvalue weighted by Gasteiger charge is 2.35. The van der Waals surface area contributed by atoms with Crippen molar-refractivity contribution in [1.82, 2.24) is 25.2 Å². The zero-order chi connectivity index (χ0) is 25.1. The van der Waals surface area contributed by atoms with Crippen LogP contribution in [0.15, 0.2) is 53.1 Å². The molecule has 188 valence electrons. The van der Waals surface area contributed by atoms with Gasteiger partial charge in [0.1, 0.15) is 5.75 Å². The van der Waals surface area contributed by atoms with Crippen molar-refractivity contribution in [3.05, 3.63) is 59.9 Å². The summed E-state index contributed by atoms with van der Waals surface area (Å²) in [7, 11) is 0. The predicted molar refractivity (Wildman–Crippen MR) is 127 cm³/mol. The van der Waals surface area contributed by atoms with Crippen molar-refractivity contribution < 1.29 is 22.3 Å². The van der Waals surface area contributed by atoms with Gasteiger partial charge in [0.25, 0.3) is 0 Å². The number of halogens is 3. The van der Waals surface area contributed by atoms with E-state index in [-0.39, 0.29) is 23.4 Å². The summed E-state index contributed by atoms with van der Waals surface area (Å²) >= 11 is 0. The Balaban J connectivity index is 1.39. The van der Waals surface area contributed by atoms with E-state index in [1.165, 1.54) is 12.1 Å². The third-order valence-electron chi connectivity index (χ3n) is 6.26. The number of alkyl halides is 3. The normalized spacial score (nSPS) is 14.4. The molecule has 1 saturated carbocycles. The summed E-state index contributed by atoms with van der Waals surface area (Å²) in [6, 6.07) is 10.8. The molecular formula is C26H26F3N5O2. The van der Waals surface area contributed by atoms with Gasteiger partial charge in [-0.15, -0.1) is 15.3 Å². The molecule has 1 aliphatic rings. The molecule has 10 heteroatoms. The molecule has 0 amide bonds. The Labute approximate surface area is 206 Å². The molecule has 2 aromatic heterocycles. The van der Waals surface area contributed by atoms with Gasteiger partial charge in [-0.3, -0.25) is 0 Å². The second kappa shape index (κ2) is 10.1. The Morgan fingerprint density at radius 2 is 1.75 bits per heavy atom. The number of ether oxygens (including phenoxy) is 1. The van der Waals surface area contributed by atoms with Crippen molar-refractivity contribution in [1.29, 1.82) is 0 Å². The largest absolute Gasteiger partial charge is 0.490 e. The van der Waals surface area contributed by atoms with Crippen LogP contribution in [0, 0.1) is 0 Å². The highest BCUT2D eigenvalue weighted by Crippen LogP contribution is 2.40. The number of unbranched alkanes of at least 4 members (excludes halogenated alkanes) is 1. The molecule has 0 N–H and O–H groups in total. The van der Waals surface area contributed by atoms with Gasteiger partial charge in [0.2, 0.25) is 11.8 Å². The molecule has 2 aromatic carbocycles. The van der Waals surface area contributed by atoms with Gasteiger partial charge in [-0.2, -0.15) is 13.2 Å². The number of hydrogen-bond acceptors (Lipinski definition) is 6. The standard InChI is InChI=1S/C26H26F3N5O2/c1-2-3-6-18-16-34(33-30-18)19-11-9-17(10-12-19)24-31-32-25(36-24)22-15-21(35-20-7-4-5-8-20)13-14-23(22)26(27,28)29/h9-16,20H,2-8H2,1H3. The molecule has 0 aliphatic heterocycles. The van der Waals surface area contributed by atoms with E-state index in [1.807, 2.05) is 18.3 Å². The van der Waals surface area contributed by atoms with Crippen molar-refractivity contribution in [3.8, 4) is 34.3 Å². The lowest BCUT2D eigenvalue weighted by Gasteiger charge is -2.16. The number of aryl methyl sites for hydroxylation is 1. The van der Waals surface area contributed by atoms with Crippen LogP contribution in [0.2, 0.25) is 0 Å². The second-order valence-electron chi connectivity index (χ2n) is 8.95. The fourth-order valence-electron chi connectivity index (χ4n) is 4.32. The highest BCUT2D eigenvalue weighted by atomic mass is 19.4. The number of aromatic nitrogens is 5. The Hall–Kier alpha value is -3.69. The van der Waals surface area contributed by atoms with Gasteiger partial charge in [-0.1, -0.05) is 18.6 Å². The van der Waals surface area contributed by atoms with E-state index in [0.717, 1.165) is 62.4 Å². The third-order valence-corrected chi connectivity index (χ3v) is 6.26. The first-order valence-corrected chi connectivity index (χ1v) is 12.1. The van der Waals surface area contributed by atoms with Crippen molar-refractivity contribution in [2.45, 2.75) is 64.1 Å². The molecule has 0 atom stereocenters. The molecule has 5 rings (SSSR count). The number of rotatable bonds is 8. The molecule has 0 saturated heterocycles. The van der Waals surface area contributed by atoms with Gasteiger partial charge in [0.05, 0.1) is 34.8 Å². The minimum atomic E-state index is -4.58. The Kier molecular flexibility index (Phi) is 6.75. The summed E-state index contributed by atoms with van der Waals surface area (Å²) in [5, 5.41) is 16.3. The molecule has 2 heterocycles. The van der Waals surface area contributed by atoms with Gasteiger partial charge in [0, 0.05) is 5.56 Å². The Bertz CT molecular complexity index is 1310. The smallest absolute Gasteiger partial charge is 0.417 e. The van der Waals surface area contributed by atoms with Gasteiger partial charge in [-0.05, 0) is 81.0 Å². The molecule has 36 heavy (non-hydrogen) atoms. The van der Waals surface area contributed by atoms with Crippen LogP contribution in [-0.4, -0.2) is 31.3 Å². The lowest BCUT2D eigenvalue weighted by molar-refractivity contribution is -0.137. The van der Waals surface area contributed by atoms with Crippen LogP contribution in [0.1, 0.15) is 56.7 Å². The average molecular weight is 498 g/mol. The van der Waals surface area contributed by atoms with Crippen molar-refractivity contribution in [3.63, 3.8) is 0 Å². The highest BCUT2D eigenvalue weighted by molar-refractivity contribution is 5.64. The van der Waals surface area contributed by atoms with E-state index in [2.05, 4.69) is 27.4 Å². The summed E-state index contributed by atoms with van der Waals surface area (Å²) < 4.78 is 54.5. The first-order chi connectivity index (χ1) is 17.4. The lowest BCUT2D eigenvalue weighted by atomic mass is 10.1. The second-order valence-corrected chi connectivity index (χ2v) is 8.95. The van der Waals surface area contributed by atoms with E-state index >= 15 is 0 Å². The summed E-state index contributed by atoms with van der Waals surface area (Å²) in [4.78, 5) is 0. The minimum Gasteiger partial charge on any atom is -0.490 e. The van der Waals surface area contributed by atoms with Crippen molar-refractivity contribution in [2.24, 2.45) is 0 Å². The Morgan fingerprint density at radius 1 is 1.00 bits per heavy atom.